The van der Waals surface area contributed by atoms with Crippen LogP contribution in [0.4, 0.5) is 4.39 Å². The molecule has 0 amide bonds. The minimum Gasteiger partial charge on any atom is -0.206 e. The molecule has 0 atom stereocenters. The zero-order chi connectivity index (χ0) is 12.5. The molecule has 1 rings (SSSR count). The summed E-state index contributed by atoms with van der Waals surface area (Å²) in [5.41, 5.74) is 4.13. The van der Waals surface area contributed by atoms with Crippen molar-refractivity contribution in [1.29, 1.82) is 0 Å². The molecule has 0 aliphatic heterocycles. The van der Waals surface area contributed by atoms with Crippen LogP contribution in [0.2, 0.25) is 0 Å². The monoisotopic (exact) mass is 250 g/mol. The second-order valence-electron chi connectivity index (χ2n) is 4.05. The molecular weight excluding hydrogens is 231 g/mol. The number of halogens is 1. The predicted octanol–water partition coefficient (Wildman–Crippen LogP) is 5.21. The Morgan fingerprint density at radius 3 is 2.76 bits per heavy atom. The van der Waals surface area contributed by atoms with Crippen LogP contribution in [0.15, 0.2) is 47.0 Å². The highest BCUT2D eigenvalue weighted by Gasteiger charge is 2.00. The minimum atomic E-state index is -0.108. The molecule has 2 heteroatoms. The van der Waals surface area contributed by atoms with Crippen LogP contribution in [-0.4, -0.2) is 5.75 Å². The smallest absolute Gasteiger partial charge is 0.136 e. The van der Waals surface area contributed by atoms with Crippen molar-refractivity contribution < 1.29 is 4.39 Å². The first-order chi connectivity index (χ1) is 8.24. The van der Waals surface area contributed by atoms with Gasteiger partial charge in [-0.15, -0.1) is 17.5 Å². The Morgan fingerprint density at radius 2 is 2.06 bits per heavy atom. The van der Waals surface area contributed by atoms with Crippen molar-refractivity contribution in [3.8, 4) is 0 Å². The van der Waals surface area contributed by atoms with E-state index in [1.165, 1.54) is 24.5 Å². The third-order valence-electron chi connectivity index (χ3n) is 2.59. The van der Waals surface area contributed by atoms with Crippen molar-refractivity contribution in [1.82, 2.24) is 0 Å². The van der Waals surface area contributed by atoms with E-state index in [0.29, 0.717) is 0 Å². The van der Waals surface area contributed by atoms with Crippen molar-refractivity contribution in [3.63, 3.8) is 0 Å². The molecule has 0 saturated heterocycles. The summed E-state index contributed by atoms with van der Waals surface area (Å²) in [6.45, 7) is 5.67. The lowest BCUT2D eigenvalue weighted by Crippen LogP contribution is -1.85. The van der Waals surface area contributed by atoms with E-state index in [-0.39, 0.29) is 5.82 Å². The molecule has 0 bridgehead atoms. The van der Waals surface area contributed by atoms with Crippen LogP contribution in [-0.2, 0) is 0 Å². The summed E-state index contributed by atoms with van der Waals surface area (Å²) in [5.74, 6) is 0.876. The predicted molar refractivity (Wildman–Crippen MR) is 73.9 cm³/mol. The van der Waals surface area contributed by atoms with Crippen molar-refractivity contribution in [2.75, 3.05) is 5.75 Å². The fraction of sp³-hybridized carbons (Fsp3) is 0.400. The molecule has 0 heterocycles. The van der Waals surface area contributed by atoms with Gasteiger partial charge in [0.25, 0.3) is 0 Å². The van der Waals surface area contributed by atoms with Crippen molar-refractivity contribution in [3.05, 3.63) is 48.0 Å². The van der Waals surface area contributed by atoms with Crippen LogP contribution < -0.4 is 0 Å². The van der Waals surface area contributed by atoms with Gasteiger partial charge in [-0.2, -0.15) is 0 Å². The van der Waals surface area contributed by atoms with Gasteiger partial charge in [0.2, 0.25) is 0 Å². The van der Waals surface area contributed by atoms with Gasteiger partial charge >= 0.3 is 0 Å². The van der Waals surface area contributed by atoms with E-state index in [0.717, 1.165) is 23.5 Å². The molecule has 0 fully saturated rings. The van der Waals surface area contributed by atoms with Crippen LogP contribution in [0, 0.1) is 5.82 Å². The van der Waals surface area contributed by atoms with E-state index in [2.05, 4.69) is 19.2 Å². The first-order valence-corrected chi connectivity index (χ1v) is 6.95. The molecular formula is C15H19FS. The highest BCUT2D eigenvalue weighted by atomic mass is 32.2. The summed E-state index contributed by atoms with van der Waals surface area (Å²) >= 11 is 1.60. The fourth-order valence-electron chi connectivity index (χ4n) is 1.50. The number of unbranched alkanes of at least 4 members (excludes halogenated alkanes) is 2. The summed E-state index contributed by atoms with van der Waals surface area (Å²) in [5, 5.41) is 0. The second-order valence-corrected chi connectivity index (χ2v) is 5.18. The average Bonchev–Trinajstić information content (AvgIpc) is 2.35. The van der Waals surface area contributed by atoms with Crippen molar-refractivity contribution in [2.45, 2.75) is 37.5 Å². The Morgan fingerprint density at radius 1 is 1.29 bits per heavy atom. The highest BCUT2D eigenvalue weighted by Crippen LogP contribution is 2.22. The molecule has 0 spiro atoms. The standard InChI is InChI=1S/C15H19FS/c1-3-13(2)9-5-4-8-12-17-15-11-7-6-10-14(15)16/h6-7,10-11H,1,4-5,8-9,12H2,2H3. The lowest BCUT2D eigenvalue weighted by molar-refractivity contribution is 0.602. The molecule has 0 radical (unpaired) electrons. The summed E-state index contributed by atoms with van der Waals surface area (Å²) < 4.78 is 13.3. The highest BCUT2D eigenvalue weighted by molar-refractivity contribution is 7.99. The molecule has 1 aromatic carbocycles. The van der Waals surface area contributed by atoms with Crippen LogP contribution in [0.3, 0.4) is 0 Å². The Balaban J connectivity index is 2.13. The zero-order valence-corrected chi connectivity index (χ0v) is 11.2. The summed E-state index contributed by atoms with van der Waals surface area (Å²) in [6, 6.07) is 6.96. The van der Waals surface area contributed by atoms with Gasteiger partial charge in [0.15, 0.2) is 0 Å². The van der Waals surface area contributed by atoms with Gasteiger partial charge in [-0.1, -0.05) is 25.1 Å². The third kappa shape index (κ3) is 5.76. The first kappa shape index (κ1) is 14.1. The van der Waals surface area contributed by atoms with Gasteiger partial charge in [-0.25, -0.2) is 4.39 Å². The van der Waals surface area contributed by atoms with Gasteiger partial charge in [-0.3, -0.25) is 0 Å². The molecule has 0 aliphatic rings. The maximum atomic E-state index is 13.3. The quantitative estimate of drug-likeness (QED) is 0.363. The topological polar surface area (TPSA) is 0 Å². The van der Waals surface area contributed by atoms with Crippen LogP contribution in [0.25, 0.3) is 0 Å². The van der Waals surface area contributed by atoms with Gasteiger partial charge in [-0.05, 0) is 49.6 Å². The molecule has 17 heavy (non-hydrogen) atoms. The van der Waals surface area contributed by atoms with E-state index < -0.39 is 0 Å². The minimum absolute atomic E-state index is 0.108. The van der Waals surface area contributed by atoms with Crippen molar-refractivity contribution >= 4 is 11.8 Å². The maximum Gasteiger partial charge on any atom is 0.136 e. The molecule has 0 unspecified atom stereocenters. The normalized spacial score (nSPS) is 10.0. The molecule has 0 nitrogen and oxygen atoms in total. The molecule has 0 aliphatic carbocycles. The number of benzene rings is 1. The number of hydrogen-bond donors (Lipinski definition) is 0. The number of hydrogen-bond acceptors (Lipinski definition) is 1. The summed E-state index contributed by atoms with van der Waals surface area (Å²) in [6.07, 6.45) is 4.56. The molecule has 0 N–H and O–H groups in total. The molecule has 1 aromatic rings. The van der Waals surface area contributed by atoms with Gasteiger partial charge < -0.3 is 0 Å². The molecule has 0 saturated carbocycles. The van der Waals surface area contributed by atoms with Crippen LogP contribution >= 0.6 is 11.8 Å². The summed E-state index contributed by atoms with van der Waals surface area (Å²) in [4.78, 5) is 0.759. The Labute approximate surface area is 108 Å². The largest absolute Gasteiger partial charge is 0.206 e. The zero-order valence-electron chi connectivity index (χ0n) is 10.3. The lowest BCUT2D eigenvalue weighted by atomic mass is 10.1. The van der Waals surface area contributed by atoms with E-state index in [1.54, 1.807) is 17.8 Å². The number of allylic oxidation sites excluding steroid dienone is 1. The van der Waals surface area contributed by atoms with E-state index in [1.807, 2.05) is 12.1 Å². The molecule has 0 aromatic heterocycles. The van der Waals surface area contributed by atoms with Gasteiger partial charge in [0.05, 0.1) is 0 Å². The maximum absolute atomic E-state index is 13.3. The lowest BCUT2D eigenvalue weighted by Gasteiger charge is -2.03. The van der Waals surface area contributed by atoms with Crippen LogP contribution in [0.5, 0.6) is 0 Å². The van der Waals surface area contributed by atoms with E-state index in [9.17, 15) is 4.39 Å². The SMILES string of the molecule is C=C=C(C)CCCCCSc1ccccc1F. The van der Waals surface area contributed by atoms with Gasteiger partial charge in [0.1, 0.15) is 5.82 Å². The summed E-state index contributed by atoms with van der Waals surface area (Å²) in [7, 11) is 0. The fourth-order valence-corrected chi connectivity index (χ4v) is 2.45. The van der Waals surface area contributed by atoms with Gasteiger partial charge in [0, 0.05) is 4.90 Å². The average molecular weight is 250 g/mol. The van der Waals surface area contributed by atoms with E-state index in [4.69, 9.17) is 0 Å². The first-order valence-electron chi connectivity index (χ1n) is 5.97. The number of rotatable bonds is 7. The Kier molecular flexibility index (Phi) is 6.76. The van der Waals surface area contributed by atoms with Crippen molar-refractivity contribution in [2.24, 2.45) is 0 Å². The Bertz CT molecular complexity index is 392. The van der Waals surface area contributed by atoms with Crippen LogP contribution in [0.1, 0.15) is 32.6 Å². The Hall–Kier alpha value is -0.980. The van der Waals surface area contributed by atoms with E-state index >= 15 is 0 Å². The second kappa shape index (κ2) is 8.16. The number of thioether (sulfide) groups is 1. The third-order valence-corrected chi connectivity index (χ3v) is 3.73. The molecule has 92 valence electrons.